The lowest BCUT2D eigenvalue weighted by atomic mass is 10.0. The van der Waals surface area contributed by atoms with E-state index in [1.165, 1.54) is 29.8 Å². The largest absolute Gasteiger partial charge is 0.307 e. The van der Waals surface area contributed by atoms with Crippen molar-refractivity contribution >= 4 is 0 Å². The Labute approximate surface area is 97.7 Å². The molecular formula is C13H21N3. The van der Waals surface area contributed by atoms with Crippen molar-refractivity contribution in [3.05, 3.63) is 22.8 Å². The molecule has 1 aliphatic rings. The van der Waals surface area contributed by atoms with Gasteiger partial charge in [0.25, 0.3) is 0 Å². The van der Waals surface area contributed by atoms with Crippen LogP contribution in [-0.2, 0) is 19.5 Å². The van der Waals surface area contributed by atoms with Crippen LogP contribution in [0.5, 0.6) is 0 Å². The minimum Gasteiger partial charge on any atom is -0.307 e. The molecule has 0 fully saturated rings. The van der Waals surface area contributed by atoms with Crippen molar-refractivity contribution in [3.63, 3.8) is 0 Å². The quantitative estimate of drug-likeness (QED) is 0.845. The molecule has 0 radical (unpaired) electrons. The minimum atomic E-state index is 0.497. The Bertz CT molecular complexity index is 372. The van der Waals surface area contributed by atoms with Crippen LogP contribution in [0, 0.1) is 0 Å². The lowest BCUT2D eigenvalue weighted by molar-refractivity contribution is 0.714. The molecule has 1 aromatic heterocycles. The number of aryl methyl sites for hydroxylation is 1. The van der Waals surface area contributed by atoms with Crippen molar-refractivity contribution in [2.24, 2.45) is 0 Å². The summed E-state index contributed by atoms with van der Waals surface area (Å²) in [6.45, 7) is 8.49. The molecule has 1 aromatic rings. The topological polar surface area (TPSA) is 37.8 Å². The Kier molecular flexibility index (Phi) is 3.54. The second kappa shape index (κ2) is 4.91. The van der Waals surface area contributed by atoms with Gasteiger partial charge >= 0.3 is 0 Å². The Morgan fingerprint density at radius 1 is 1.25 bits per heavy atom. The number of nitrogens with zero attached hydrogens (tertiary/aromatic N) is 2. The van der Waals surface area contributed by atoms with Gasteiger partial charge in [-0.1, -0.05) is 27.2 Å². The van der Waals surface area contributed by atoms with Gasteiger partial charge in [-0.05, 0) is 12.3 Å². The molecule has 0 unspecified atom stereocenters. The van der Waals surface area contributed by atoms with Crippen LogP contribution in [0.25, 0.3) is 0 Å². The SMILES string of the molecule is CCCCc1nc2c(c(C(C)C)n1)CNC2. The lowest BCUT2D eigenvalue weighted by Crippen LogP contribution is -2.07. The molecule has 0 spiro atoms. The van der Waals surface area contributed by atoms with Crippen LogP contribution in [-0.4, -0.2) is 9.97 Å². The Balaban J connectivity index is 2.32. The predicted octanol–water partition coefficient (Wildman–Crippen LogP) is 2.55. The fourth-order valence-corrected chi connectivity index (χ4v) is 2.17. The van der Waals surface area contributed by atoms with Crippen molar-refractivity contribution in [2.75, 3.05) is 0 Å². The fourth-order valence-electron chi connectivity index (χ4n) is 2.17. The zero-order valence-corrected chi connectivity index (χ0v) is 10.5. The van der Waals surface area contributed by atoms with E-state index in [-0.39, 0.29) is 0 Å². The van der Waals surface area contributed by atoms with Gasteiger partial charge in [0.1, 0.15) is 5.82 Å². The minimum absolute atomic E-state index is 0.497. The molecule has 88 valence electrons. The fraction of sp³-hybridized carbons (Fsp3) is 0.692. The van der Waals surface area contributed by atoms with E-state index in [1.807, 2.05) is 0 Å². The molecule has 3 nitrogen and oxygen atoms in total. The Morgan fingerprint density at radius 2 is 2.06 bits per heavy atom. The van der Waals surface area contributed by atoms with Gasteiger partial charge in [-0.25, -0.2) is 9.97 Å². The van der Waals surface area contributed by atoms with Crippen LogP contribution in [0.15, 0.2) is 0 Å². The molecule has 2 heterocycles. The molecular weight excluding hydrogens is 198 g/mol. The van der Waals surface area contributed by atoms with Crippen LogP contribution >= 0.6 is 0 Å². The average Bonchev–Trinajstić information content (AvgIpc) is 2.72. The molecule has 0 amide bonds. The molecule has 16 heavy (non-hydrogen) atoms. The van der Waals surface area contributed by atoms with E-state index in [1.54, 1.807) is 0 Å². The highest BCUT2D eigenvalue weighted by Crippen LogP contribution is 2.23. The van der Waals surface area contributed by atoms with Crippen molar-refractivity contribution in [2.45, 2.75) is 59.0 Å². The van der Waals surface area contributed by atoms with Crippen LogP contribution in [0.4, 0.5) is 0 Å². The van der Waals surface area contributed by atoms with Gasteiger partial charge in [-0.2, -0.15) is 0 Å². The monoisotopic (exact) mass is 219 g/mol. The summed E-state index contributed by atoms with van der Waals surface area (Å²) in [6, 6.07) is 0. The van der Waals surface area contributed by atoms with E-state index in [2.05, 4.69) is 31.1 Å². The summed E-state index contributed by atoms with van der Waals surface area (Å²) < 4.78 is 0. The summed E-state index contributed by atoms with van der Waals surface area (Å²) in [6.07, 6.45) is 3.41. The number of aromatic nitrogens is 2. The van der Waals surface area contributed by atoms with Crippen LogP contribution in [0.3, 0.4) is 0 Å². The number of hydrogen-bond donors (Lipinski definition) is 1. The summed E-state index contributed by atoms with van der Waals surface area (Å²) in [4.78, 5) is 9.39. The van der Waals surface area contributed by atoms with E-state index in [4.69, 9.17) is 4.98 Å². The second-order valence-electron chi connectivity index (χ2n) is 4.81. The molecule has 1 aliphatic heterocycles. The lowest BCUT2D eigenvalue weighted by Gasteiger charge is -2.12. The highest BCUT2D eigenvalue weighted by atomic mass is 15.0. The Hall–Kier alpha value is -0.960. The first-order chi connectivity index (χ1) is 7.72. The standard InChI is InChI=1S/C13H21N3/c1-4-5-6-12-15-11-8-14-7-10(11)13(16-12)9(2)3/h9,14H,4-8H2,1-3H3. The van der Waals surface area contributed by atoms with E-state index in [0.29, 0.717) is 5.92 Å². The van der Waals surface area contributed by atoms with Crippen LogP contribution in [0.2, 0.25) is 0 Å². The van der Waals surface area contributed by atoms with Crippen molar-refractivity contribution in [1.29, 1.82) is 0 Å². The van der Waals surface area contributed by atoms with Gasteiger partial charge < -0.3 is 5.32 Å². The first-order valence-electron chi connectivity index (χ1n) is 6.31. The third kappa shape index (κ3) is 2.24. The molecule has 0 atom stereocenters. The molecule has 2 rings (SSSR count). The maximum absolute atomic E-state index is 4.73. The van der Waals surface area contributed by atoms with Crippen molar-refractivity contribution < 1.29 is 0 Å². The Morgan fingerprint density at radius 3 is 2.75 bits per heavy atom. The molecule has 3 heteroatoms. The number of hydrogen-bond acceptors (Lipinski definition) is 3. The maximum Gasteiger partial charge on any atom is 0.128 e. The molecule has 0 bridgehead atoms. The van der Waals surface area contributed by atoms with Gasteiger partial charge in [0.15, 0.2) is 0 Å². The van der Waals surface area contributed by atoms with Gasteiger partial charge in [0.05, 0.1) is 11.4 Å². The smallest absolute Gasteiger partial charge is 0.128 e. The van der Waals surface area contributed by atoms with E-state index in [0.717, 1.165) is 25.3 Å². The van der Waals surface area contributed by atoms with Crippen LogP contribution in [0.1, 0.15) is 62.3 Å². The van der Waals surface area contributed by atoms with Gasteiger partial charge in [0.2, 0.25) is 0 Å². The zero-order chi connectivity index (χ0) is 11.5. The zero-order valence-electron chi connectivity index (χ0n) is 10.5. The number of rotatable bonds is 4. The van der Waals surface area contributed by atoms with E-state index in [9.17, 15) is 0 Å². The molecule has 0 aliphatic carbocycles. The van der Waals surface area contributed by atoms with E-state index >= 15 is 0 Å². The number of nitrogens with one attached hydrogen (secondary N) is 1. The first kappa shape index (κ1) is 11.5. The summed E-state index contributed by atoms with van der Waals surface area (Å²) in [7, 11) is 0. The number of unbranched alkanes of at least 4 members (excludes halogenated alkanes) is 1. The normalized spacial score (nSPS) is 14.5. The predicted molar refractivity (Wildman–Crippen MR) is 65.3 cm³/mol. The molecule has 0 saturated carbocycles. The third-order valence-electron chi connectivity index (χ3n) is 3.07. The molecule has 0 aromatic carbocycles. The van der Waals surface area contributed by atoms with Gasteiger partial charge in [-0.15, -0.1) is 0 Å². The summed E-state index contributed by atoms with van der Waals surface area (Å²) in [5.41, 5.74) is 3.82. The third-order valence-corrected chi connectivity index (χ3v) is 3.07. The van der Waals surface area contributed by atoms with Crippen molar-refractivity contribution in [3.8, 4) is 0 Å². The number of fused-ring (bicyclic) bond motifs is 1. The van der Waals surface area contributed by atoms with Crippen molar-refractivity contribution in [1.82, 2.24) is 15.3 Å². The van der Waals surface area contributed by atoms with E-state index < -0.39 is 0 Å². The first-order valence-corrected chi connectivity index (χ1v) is 6.31. The molecule has 1 N–H and O–H groups in total. The second-order valence-corrected chi connectivity index (χ2v) is 4.81. The van der Waals surface area contributed by atoms with Crippen LogP contribution < -0.4 is 5.32 Å². The van der Waals surface area contributed by atoms with Gasteiger partial charge in [0, 0.05) is 25.1 Å². The summed E-state index contributed by atoms with van der Waals surface area (Å²) in [5, 5.41) is 3.36. The summed E-state index contributed by atoms with van der Waals surface area (Å²) >= 11 is 0. The highest BCUT2D eigenvalue weighted by Gasteiger charge is 2.20. The highest BCUT2D eigenvalue weighted by molar-refractivity contribution is 5.31. The maximum atomic E-state index is 4.73. The molecule has 0 saturated heterocycles. The average molecular weight is 219 g/mol. The van der Waals surface area contributed by atoms with Gasteiger partial charge in [-0.3, -0.25) is 0 Å². The summed E-state index contributed by atoms with van der Waals surface area (Å²) in [5.74, 6) is 1.53.